The second-order valence-corrected chi connectivity index (χ2v) is 32.0. The highest BCUT2D eigenvalue weighted by Gasteiger charge is 2.63. The molecule has 1 aliphatic carbocycles. The van der Waals surface area contributed by atoms with E-state index in [-0.39, 0.29) is 123 Å². The van der Waals surface area contributed by atoms with Gasteiger partial charge in [0.15, 0.2) is 23.0 Å². The van der Waals surface area contributed by atoms with Gasteiger partial charge < -0.3 is 76.9 Å². The number of carbonyl (C=O) groups is 8. The minimum Gasteiger partial charge on any atom is -0.504 e. The van der Waals surface area contributed by atoms with Crippen molar-refractivity contribution in [1.29, 1.82) is 0 Å². The molecule has 1 saturated carbocycles. The van der Waals surface area contributed by atoms with Gasteiger partial charge in [-0.2, -0.15) is 11.8 Å². The predicted molar refractivity (Wildman–Crippen MR) is 391 cm³/mol. The third-order valence-corrected chi connectivity index (χ3v) is 24.9. The third kappa shape index (κ3) is 17.5. The van der Waals surface area contributed by atoms with Crippen LogP contribution in [0.5, 0.6) is 28.7 Å². The number of methoxy groups -OCH3 is 1. The molecule has 0 radical (unpaired) electrons. The Hall–Kier alpha value is -7.08. The van der Waals surface area contributed by atoms with E-state index >= 15 is 0 Å². The van der Waals surface area contributed by atoms with E-state index in [1.807, 2.05) is 34.6 Å². The van der Waals surface area contributed by atoms with Crippen LogP contribution in [0.15, 0.2) is 30.3 Å². The molecule has 0 aromatic heterocycles. The van der Waals surface area contributed by atoms with E-state index in [2.05, 4.69) is 82.5 Å². The number of unbranched alkanes of at least 4 members (excludes halogenated alkanes) is 2. The Morgan fingerprint density at radius 3 is 2.25 bits per heavy atom. The van der Waals surface area contributed by atoms with Crippen molar-refractivity contribution in [2.45, 2.75) is 223 Å². The number of imide groups is 1. The first-order valence-electron chi connectivity index (χ1n) is 36.2. The van der Waals surface area contributed by atoms with Crippen LogP contribution in [0, 0.1) is 31.6 Å². The number of benzene rings is 3. The lowest BCUT2D eigenvalue weighted by Crippen LogP contribution is -2.68. The Kier molecular flexibility index (Phi) is 26.2. The fraction of sp³-hybridized carbons (Fsp3) is 0.649. The summed E-state index contributed by atoms with van der Waals surface area (Å²) in [7, 11) is 3.71. The maximum atomic E-state index is 13.9. The van der Waals surface area contributed by atoms with Gasteiger partial charge in [-0.15, -0.1) is 11.8 Å². The van der Waals surface area contributed by atoms with Gasteiger partial charge in [0.1, 0.15) is 24.4 Å². The van der Waals surface area contributed by atoms with Gasteiger partial charge in [-0.05, 0) is 133 Å². The summed E-state index contributed by atoms with van der Waals surface area (Å²) in [6, 6.07) is 4.89. The maximum absolute atomic E-state index is 13.9. The largest absolute Gasteiger partial charge is 0.504 e. The highest BCUT2D eigenvalue weighted by molar-refractivity contribution is 8.02. The number of aromatic hydroxyl groups is 1. The molecule has 8 amide bonds. The molecule has 3 aromatic rings. The lowest BCUT2D eigenvalue weighted by molar-refractivity contribution is -0.138. The number of hydrogen-bond donors (Lipinski definition) is 9. The van der Waals surface area contributed by atoms with Crippen molar-refractivity contribution >= 4 is 76.8 Å². The number of likely N-dealkylation sites (N-methyl/N-ethyl adjacent to an activating group) is 1. The van der Waals surface area contributed by atoms with Crippen molar-refractivity contribution in [3.63, 3.8) is 0 Å². The molecule has 12 atom stereocenters. The van der Waals surface area contributed by atoms with E-state index in [1.165, 1.54) is 23.6 Å². The SMILES string of the molecule is CC[C@H](CNC(=O)OCc1ccc(NC(=O)[C@H](CCCNC(N)=O)NC(=O)[C@@H](NC(=O)CCCCCN2C(=O)CC(SC(N)(CC)CC)C2=O)C(C)C)cc1)NCCS[C@@H]1c2c(OC(C)=O)c(C)c3c(c2C(COC2(C)C(C)[C@H]2C)N2[C@@H]1C1c4c(cc(C)c(OC)c4O)CC2(C)CN1C)OCO3. The van der Waals surface area contributed by atoms with Gasteiger partial charge in [-0.1, -0.05) is 73.1 Å². The van der Waals surface area contributed by atoms with E-state index in [0.717, 1.165) is 27.8 Å². The summed E-state index contributed by atoms with van der Waals surface area (Å²) in [6.45, 7) is 25.9. The molecule has 6 unspecified atom stereocenters. The summed E-state index contributed by atoms with van der Waals surface area (Å²) >= 11 is 3.10. The number of carbonyl (C=O) groups excluding carboxylic acids is 8. The van der Waals surface area contributed by atoms with Crippen molar-refractivity contribution < 1.29 is 71.9 Å². The van der Waals surface area contributed by atoms with Gasteiger partial charge in [0.05, 0.1) is 46.8 Å². The zero-order valence-corrected chi connectivity index (χ0v) is 63.5. The van der Waals surface area contributed by atoms with Crippen LogP contribution < -0.4 is 62.3 Å². The van der Waals surface area contributed by atoms with Gasteiger partial charge >= 0.3 is 18.1 Å². The minimum atomic E-state index is -1.08. The van der Waals surface area contributed by atoms with Gasteiger partial charge in [0.25, 0.3) is 0 Å². The number of esters is 1. The van der Waals surface area contributed by atoms with Gasteiger partial charge in [0, 0.05) is 104 Å². The molecule has 562 valence electrons. The molecule has 0 spiro atoms. The summed E-state index contributed by atoms with van der Waals surface area (Å²) < 4.78 is 37.8. The number of thioether (sulfide) groups is 2. The van der Waals surface area contributed by atoms with Gasteiger partial charge in [-0.25, -0.2) is 9.59 Å². The highest BCUT2D eigenvalue weighted by Crippen LogP contribution is 2.65. The van der Waals surface area contributed by atoms with Gasteiger partial charge in [-0.3, -0.25) is 43.5 Å². The lowest BCUT2D eigenvalue weighted by atomic mass is 9.76. The Balaban J connectivity index is 0.802. The number of urea groups is 1. The van der Waals surface area contributed by atoms with Crippen molar-refractivity contribution in [1.82, 2.24) is 41.3 Å². The molecule has 102 heavy (non-hydrogen) atoms. The summed E-state index contributed by atoms with van der Waals surface area (Å²) in [5.41, 5.74) is 17.0. The van der Waals surface area contributed by atoms with Crippen LogP contribution in [0.3, 0.4) is 0 Å². The molecule has 7 aliphatic rings. The van der Waals surface area contributed by atoms with Crippen LogP contribution in [0.4, 0.5) is 15.3 Å². The molecule has 10 rings (SSSR count). The normalized spacial score (nSPS) is 24.2. The summed E-state index contributed by atoms with van der Waals surface area (Å²) in [5, 5.41) is 29.1. The number of aryl methyl sites for hydroxylation is 1. The fourth-order valence-electron chi connectivity index (χ4n) is 15.6. The van der Waals surface area contributed by atoms with Crippen LogP contribution in [0.1, 0.15) is 190 Å². The Morgan fingerprint density at radius 1 is 0.892 bits per heavy atom. The van der Waals surface area contributed by atoms with Crippen molar-refractivity contribution in [2.75, 3.05) is 71.4 Å². The zero-order valence-electron chi connectivity index (χ0n) is 61.9. The average molecular weight is 1460 g/mol. The van der Waals surface area contributed by atoms with Crippen LogP contribution in [-0.4, -0.2) is 179 Å². The Morgan fingerprint density at radius 2 is 1.60 bits per heavy atom. The summed E-state index contributed by atoms with van der Waals surface area (Å²) in [4.78, 5) is 111. The topological polar surface area (TPSA) is 346 Å². The highest BCUT2D eigenvalue weighted by atomic mass is 32.2. The monoisotopic (exact) mass is 1460 g/mol. The summed E-state index contributed by atoms with van der Waals surface area (Å²) in [5.74, 6) is 0.692. The van der Waals surface area contributed by atoms with Gasteiger partial charge in [0.2, 0.25) is 36.3 Å². The molecule has 3 aromatic carbocycles. The second-order valence-electron chi connectivity index (χ2n) is 29.2. The molecule has 6 heterocycles. The number of fused-ring (bicyclic) bond motifs is 4. The maximum Gasteiger partial charge on any atom is 0.407 e. The number of amides is 8. The quantitative estimate of drug-likeness (QED) is 0.00876. The zero-order chi connectivity index (χ0) is 74.3. The third-order valence-electron chi connectivity index (χ3n) is 21.9. The first-order chi connectivity index (χ1) is 48.4. The number of hydrogen-bond acceptors (Lipinski definition) is 21. The number of likely N-dealkylation sites (tertiary alicyclic amines) is 1. The van der Waals surface area contributed by atoms with Crippen molar-refractivity contribution in [2.24, 2.45) is 29.2 Å². The van der Waals surface area contributed by atoms with Crippen LogP contribution >= 0.6 is 23.5 Å². The minimum absolute atomic E-state index is 0.00601. The molecule has 28 heteroatoms. The predicted octanol–water partition coefficient (Wildman–Crippen LogP) is 8.44. The number of nitrogens with one attached hydrogen (secondary N) is 6. The van der Waals surface area contributed by atoms with Crippen LogP contribution in [-0.2, 0) is 51.3 Å². The van der Waals surface area contributed by atoms with E-state index in [4.69, 9.17) is 39.9 Å². The first kappa shape index (κ1) is 79.0. The van der Waals surface area contributed by atoms with E-state index < -0.39 is 57.7 Å². The number of nitrogens with two attached hydrogens (primary N) is 2. The van der Waals surface area contributed by atoms with Crippen molar-refractivity contribution in [3.8, 4) is 28.7 Å². The average Bonchev–Trinajstić information content (AvgIpc) is 1.39. The number of primary amides is 1. The number of phenols is 1. The number of anilines is 1. The first-order valence-corrected chi connectivity index (χ1v) is 38.1. The molecular formula is C74H109N11O15S2. The van der Waals surface area contributed by atoms with E-state index in [1.54, 1.807) is 57.0 Å². The standard InChI is InChI=1S/C74H109N11O15S2/c1-15-48(35-79-71(94)96-36-46-24-26-49(27-25-46)80-67(90)50(22-21-28-78-70(75)93)81-68(91)58(40(4)5)82-53(87)23-19-18-20-30-84-54(88)33-52(69(84)92)102-74(76,16-2)17-3)77-29-31-101-66-57-56(65-64(97-39-98-65)42(7)63(57)100-45(10)86)51(37-99-73(12)43(8)44(73)9)85-60(66)59-55-47(34-72(85,11)38-83(59)13)32-41(6)62(95-14)61(55)89/h24-27,32,40,43-44,48,50-52,58-60,66,77,89H,15-23,28-31,33-39,76H2,1-14H3,(H,79,94)(H,80,90)(H,81,91)(H,82,87)(H3,75,78,93)/t43-,44?,48-,50+,51?,52?,58+,59?,60-,66-,72?,73?/m1/s1. The van der Waals surface area contributed by atoms with Crippen LogP contribution in [0.25, 0.3) is 0 Å². The second kappa shape index (κ2) is 33.8. The van der Waals surface area contributed by atoms with Crippen LogP contribution in [0.2, 0.25) is 0 Å². The summed E-state index contributed by atoms with van der Waals surface area (Å²) in [6.07, 6.45) is 4.17. The Bertz CT molecular complexity index is 3570. The number of alkyl carbamates (subject to hydrolysis) is 1. The number of phenolic OH excluding ortho intramolecular Hbond substituents is 1. The van der Waals surface area contributed by atoms with Crippen molar-refractivity contribution in [3.05, 3.63) is 69.3 Å². The molecule has 3 fully saturated rings. The Labute approximate surface area is 608 Å². The molecule has 2 saturated heterocycles. The molecular weight excluding hydrogens is 1350 g/mol. The molecule has 11 N–H and O–H groups in total. The number of rotatable bonds is 35. The molecule has 6 aliphatic heterocycles. The number of piperazine rings is 1. The molecule has 26 nitrogen and oxygen atoms in total. The van der Waals surface area contributed by atoms with E-state index in [0.29, 0.717) is 122 Å². The number of ether oxygens (including phenoxy) is 6. The fourth-order valence-corrected chi connectivity index (χ4v) is 18.3. The van der Waals surface area contributed by atoms with E-state index in [9.17, 15) is 43.5 Å². The number of nitrogens with zero attached hydrogens (tertiary/aromatic N) is 3. The smallest absolute Gasteiger partial charge is 0.407 e. The lowest BCUT2D eigenvalue weighted by Gasteiger charge is -2.61. The molecule has 2 bridgehead atoms.